The maximum absolute atomic E-state index is 6.43. The zero-order valence-corrected chi connectivity index (χ0v) is 24.6. The molecule has 2 N–H and O–H groups in total. The molecule has 1 aliphatic rings. The van der Waals surface area contributed by atoms with Crippen molar-refractivity contribution in [3.63, 3.8) is 0 Å². The molecule has 212 valence electrons. The van der Waals surface area contributed by atoms with Crippen molar-refractivity contribution in [2.45, 2.75) is 79.6 Å². The fraction of sp³-hybridized carbons (Fsp3) is 0.667. The second kappa shape index (κ2) is 14.8. The highest BCUT2D eigenvalue weighted by Crippen LogP contribution is 2.30. The van der Waals surface area contributed by atoms with Crippen LogP contribution in [0.4, 0.5) is 5.82 Å². The standard InChI is InChI=1S/C28H44N6O2.C2H6/c1-5-13-32-15-17-33(18-16-32)14-9-10-19-36-28(3,4)21-34-24(20-35-6-2)31-25-26(34)22-11-7-8-12-23(22)30-27(25)29;1-2/h7-8,11-12H,5-6,9-10,13-21H2,1-4H3,(H2,29,30);1-2H3. The van der Waals surface area contributed by atoms with Gasteiger partial charge >= 0.3 is 0 Å². The summed E-state index contributed by atoms with van der Waals surface area (Å²) in [5.41, 5.74) is 8.58. The molecule has 8 nitrogen and oxygen atoms in total. The summed E-state index contributed by atoms with van der Waals surface area (Å²) in [6.07, 6.45) is 3.48. The number of aromatic nitrogens is 3. The predicted molar refractivity (Wildman–Crippen MR) is 159 cm³/mol. The van der Waals surface area contributed by atoms with Crippen molar-refractivity contribution < 1.29 is 9.47 Å². The van der Waals surface area contributed by atoms with E-state index in [4.69, 9.17) is 20.2 Å². The lowest BCUT2D eigenvalue weighted by Crippen LogP contribution is -2.46. The quantitative estimate of drug-likeness (QED) is 0.301. The highest BCUT2D eigenvalue weighted by atomic mass is 16.5. The zero-order chi connectivity index (χ0) is 27.5. The van der Waals surface area contributed by atoms with E-state index in [1.54, 1.807) is 0 Å². The summed E-state index contributed by atoms with van der Waals surface area (Å²) in [7, 11) is 0. The minimum atomic E-state index is -0.362. The van der Waals surface area contributed by atoms with Gasteiger partial charge in [0, 0.05) is 44.8 Å². The van der Waals surface area contributed by atoms with Gasteiger partial charge in [-0.1, -0.05) is 39.0 Å². The van der Waals surface area contributed by atoms with Gasteiger partial charge in [0.1, 0.15) is 17.9 Å². The van der Waals surface area contributed by atoms with Crippen LogP contribution in [0.3, 0.4) is 0 Å². The molecule has 2 aromatic heterocycles. The lowest BCUT2D eigenvalue weighted by molar-refractivity contribution is -0.0321. The lowest BCUT2D eigenvalue weighted by Gasteiger charge is -2.34. The number of nitrogens with two attached hydrogens (primary N) is 1. The first-order valence-electron chi connectivity index (χ1n) is 14.6. The molecule has 0 bridgehead atoms. The third-order valence-corrected chi connectivity index (χ3v) is 7.03. The van der Waals surface area contributed by atoms with Crippen LogP contribution in [0.15, 0.2) is 24.3 Å². The van der Waals surface area contributed by atoms with Crippen molar-refractivity contribution in [3.8, 4) is 0 Å². The van der Waals surface area contributed by atoms with Crippen LogP contribution in [0.1, 0.15) is 66.6 Å². The summed E-state index contributed by atoms with van der Waals surface area (Å²) in [4.78, 5) is 14.6. The number of unbranched alkanes of at least 4 members (excludes halogenated alkanes) is 1. The van der Waals surface area contributed by atoms with E-state index in [9.17, 15) is 0 Å². The number of nitrogen functional groups attached to an aromatic ring is 1. The Bertz CT molecular complexity index is 1120. The first-order valence-corrected chi connectivity index (χ1v) is 14.6. The van der Waals surface area contributed by atoms with Crippen LogP contribution in [0.2, 0.25) is 0 Å². The molecule has 1 aromatic carbocycles. The molecular weight excluding hydrogens is 476 g/mol. The molecule has 1 saturated heterocycles. The topological polar surface area (TPSA) is 81.7 Å². The van der Waals surface area contributed by atoms with Gasteiger partial charge in [0.05, 0.1) is 23.2 Å². The van der Waals surface area contributed by atoms with Crippen molar-refractivity contribution in [1.29, 1.82) is 0 Å². The second-order valence-electron chi connectivity index (χ2n) is 10.5. The van der Waals surface area contributed by atoms with E-state index in [1.807, 2.05) is 39.0 Å². The molecule has 0 atom stereocenters. The predicted octanol–water partition coefficient (Wildman–Crippen LogP) is 5.33. The third-order valence-electron chi connectivity index (χ3n) is 7.03. The number of pyridine rings is 1. The van der Waals surface area contributed by atoms with Gasteiger partial charge in [-0.2, -0.15) is 0 Å². The number of hydrogen-bond acceptors (Lipinski definition) is 7. The highest BCUT2D eigenvalue weighted by Gasteiger charge is 2.25. The molecule has 0 unspecified atom stereocenters. The Hall–Kier alpha value is -2.26. The van der Waals surface area contributed by atoms with Gasteiger partial charge < -0.3 is 29.6 Å². The van der Waals surface area contributed by atoms with Gasteiger partial charge in [-0.05, 0) is 59.2 Å². The molecule has 1 aliphatic heterocycles. The van der Waals surface area contributed by atoms with Crippen LogP contribution in [0.25, 0.3) is 21.9 Å². The van der Waals surface area contributed by atoms with Crippen LogP contribution in [0, 0.1) is 0 Å². The fourth-order valence-corrected chi connectivity index (χ4v) is 5.14. The smallest absolute Gasteiger partial charge is 0.152 e. The van der Waals surface area contributed by atoms with Crippen molar-refractivity contribution in [2.75, 3.05) is 58.2 Å². The Balaban J connectivity index is 0.00000195. The molecule has 0 radical (unpaired) electrons. The molecule has 38 heavy (non-hydrogen) atoms. The molecule has 1 fully saturated rings. The minimum absolute atomic E-state index is 0.362. The number of imidazole rings is 1. The monoisotopic (exact) mass is 526 g/mol. The maximum Gasteiger partial charge on any atom is 0.152 e. The Morgan fingerprint density at radius 3 is 2.32 bits per heavy atom. The normalized spacial score (nSPS) is 15.2. The van der Waals surface area contributed by atoms with E-state index in [1.165, 1.54) is 45.6 Å². The summed E-state index contributed by atoms with van der Waals surface area (Å²) in [6.45, 7) is 22.2. The molecule has 3 aromatic rings. The Kier molecular flexibility index (Phi) is 11.8. The van der Waals surface area contributed by atoms with Crippen LogP contribution < -0.4 is 5.73 Å². The summed E-state index contributed by atoms with van der Waals surface area (Å²) >= 11 is 0. The van der Waals surface area contributed by atoms with Crippen molar-refractivity contribution >= 4 is 27.8 Å². The number of nitrogens with zero attached hydrogens (tertiary/aromatic N) is 5. The average Bonchev–Trinajstić information content (AvgIpc) is 3.27. The second-order valence-corrected chi connectivity index (χ2v) is 10.5. The first-order chi connectivity index (χ1) is 18.4. The summed E-state index contributed by atoms with van der Waals surface area (Å²) in [5.74, 6) is 1.31. The van der Waals surface area contributed by atoms with Crippen LogP contribution in [-0.4, -0.2) is 82.4 Å². The fourth-order valence-electron chi connectivity index (χ4n) is 5.14. The van der Waals surface area contributed by atoms with Gasteiger partial charge in [0.2, 0.25) is 0 Å². The van der Waals surface area contributed by atoms with E-state index in [0.717, 1.165) is 47.3 Å². The van der Waals surface area contributed by atoms with Gasteiger partial charge in [0.15, 0.2) is 5.82 Å². The molecule has 0 spiro atoms. The van der Waals surface area contributed by atoms with E-state index in [2.05, 4.69) is 46.2 Å². The molecule has 0 amide bonds. The molecule has 3 heterocycles. The van der Waals surface area contributed by atoms with Gasteiger partial charge in [-0.25, -0.2) is 9.97 Å². The summed E-state index contributed by atoms with van der Waals surface area (Å²) in [5, 5.41) is 1.05. The van der Waals surface area contributed by atoms with Crippen LogP contribution in [0.5, 0.6) is 0 Å². The molecule has 8 heteroatoms. The van der Waals surface area contributed by atoms with Gasteiger partial charge in [-0.3, -0.25) is 0 Å². The van der Waals surface area contributed by atoms with Crippen LogP contribution in [-0.2, 0) is 22.6 Å². The zero-order valence-electron chi connectivity index (χ0n) is 24.6. The first kappa shape index (κ1) is 30.3. The number of hydrogen-bond donors (Lipinski definition) is 1. The van der Waals surface area contributed by atoms with Crippen molar-refractivity contribution in [2.24, 2.45) is 0 Å². The molecule has 0 saturated carbocycles. The SMILES string of the molecule is CC.CCCN1CCN(CCCCOC(C)(C)Cn2c(COCC)nc3c(N)nc4ccccc4c32)CC1. The molecule has 0 aliphatic carbocycles. The van der Waals surface area contributed by atoms with Gasteiger partial charge in [-0.15, -0.1) is 0 Å². The number of piperazine rings is 1. The highest BCUT2D eigenvalue weighted by molar-refractivity contribution is 6.06. The maximum atomic E-state index is 6.43. The molecular formula is C30H50N6O2. The lowest BCUT2D eigenvalue weighted by atomic mass is 10.1. The number of para-hydroxylation sites is 1. The van der Waals surface area contributed by atoms with Crippen molar-refractivity contribution in [3.05, 3.63) is 30.1 Å². The Labute approximate surface area is 229 Å². The Morgan fingerprint density at radius 2 is 1.63 bits per heavy atom. The van der Waals surface area contributed by atoms with Crippen LogP contribution >= 0.6 is 0 Å². The van der Waals surface area contributed by atoms with Gasteiger partial charge in [0.25, 0.3) is 0 Å². The Morgan fingerprint density at radius 1 is 0.947 bits per heavy atom. The summed E-state index contributed by atoms with van der Waals surface area (Å²) < 4.78 is 14.4. The van der Waals surface area contributed by atoms with E-state index < -0.39 is 0 Å². The molecule has 4 rings (SSSR count). The summed E-state index contributed by atoms with van der Waals surface area (Å²) in [6, 6.07) is 8.10. The van der Waals surface area contributed by atoms with Crippen molar-refractivity contribution in [1.82, 2.24) is 24.3 Å². The number of rotatable bonds is 13. The minimum Gasteiger partial charge on any atom is -0.382 e. The van der Waals surface area contributed by atoms with E-state index in [0.29, 0.717) is 25.6 Å². The average molecular weight is 527 g/mol. The number of anilines is 1. The number of fused-ring (bicyclic) bond motifs is 3. The number of benzene rings is 1. The largest absolute Gasteiger partial charge is 0.382 e. The number of ether oxygens (including phenoxy) is 2. The van der Waals surface area contributed by atoms with E-state index >= 15 is 0 Å². The van der Waals surface area contributed by atoms with E-state index in [-0.39, 0.29) is 5.60 Å². The third kappa shape index (κ3) is 7.88.